The van der Waals surface area contributed by atoms with Gasteiger partial charge in [0, 0.05) is 34.3 Å². The van der Waals surface area contributed by atoms with Gasteiger partial charge in [-0.25, -0.2) is 4.90 Å². The summed E-state index contributed by atoms with van der Waals surface area (Å²) >= 11 is 6.30. The maximum absolute atomic E-state index is 13.4. The monoisotopic (exact) mass is 405 g/mol. The van der Waals surface area contributed by atoms with E-state index in [0.29, 0.717) is 34.3 Å². The molecule has 2 amide bonds. The molecule has 0 aliphatic carbocycles. The summed E-state index contributed by atoms with van der Waals surface area (Å²) in [5.41, 5.74) is 9.58. The van der Waals surface area contributed by atoms with Crippen molar-refractivity contribution in [2.24, 2.45) is 11.7 Å². The quantitative estimate of drug-likeness (QED) is 0.674. The number of fused-ring (bicyclic) bond motifs is 3. The molecule has 2 N–H and O–H groups in total. The lowest BCUT2D eigenvalue weighted by Crippen LogP contribution is -2.33. The fraction of sp³-hybridized carbons (Fsp3) is 0.217. The molecule has 0 spiro atoms. The van der Waals surface area contributed by atoms with Crippen molar-refractivity contribution in [1.29, 1.82) is 0 Å². The van der Waals surface area contributed by atoms with Crippen LogP contribution in [0.3, 0.4) is 0 Å². The Morgan fingerprint density at radius 2 is 1.83 bits per heavy atom. The molecule has 1 aromatic heterocycles. The highest BCUT2D eigenvalue weighted by atomic mass is 35.5. The number of para-hydroxylation sites is 1. The molecule has 5 nitrogen and oxygen atoms in total. The van der Waals surface area contributed by atoms with Crippen LogP contribution in [0.5, 0.6) is 0 Å². The molecule has 146 valence electrons. The topological polar surface area (TPSA) is 68.3 Å². The number of amides is 2. The van der Waals surface area contributed by atoms with Crippen LogP contribution < -0.4 is 10.6 Å². The number of hydrogen-bond donors (Lipinski definition) is 1. The van der Waals surface area contributed by atoms with Gasteiger partial charge in [0.05, 0.1) is 16.8 Å². The molecule has 0 radical (unpaired) electrons. The third kappa shape index (κ3) is 2.73. The number of benzene rings is 2. The molecule has 0 fully saturated rings. The zero-order chi connectivity index (χ0) is 20.1. The normalized spacial score (nSPS) is 19.0. The number of hydrogen-bond acceptors (Lipinski definition) is 3. The number of imide groups is 1. The molecule has 29 heavy (non-hydrogen) atoms. The Kier molecular flexibility index (Phi) is 4.30. The highest BCUT2D eigenvalue weighted by Gasteiger charge is 2.38. The van der Waals surface area contributed by atoms with Crippen molar-refractivity contribution in [3.63, 3.8) is 0 Å². The number of nitrogens with two attached hydrogens (primary N) is 1. The van der Waals surface area contributed by atoms with E-state index in [4.69, 9.17) is 17.3 Å². The second-order valence-corrected chi connectivity index (χ2v) is 7.98. The molecule has 2 aliphatic heterocycles. The third-order valence-electron chi connectivity index (χ3n) is 5.93. The van der Waals surface area contributed by atoms with E-state index in [-0.39, 0.29) is 11.8 Å². The lowest BCUT2D eigenvalue weighted by molar-refractivity contribution is -0.119. The van der Waals surface area contributed by atoms with Crippen molar-refractivity contribution in [2.45, 2.75) is 19.4 Å². The first kappa shape index (κ1) is 18.2. The minimum absolute atomic E-state index is 0.329. The van der Waals surface area contributed by atoms with Gasteiger partial charge in [0.15, 0.2) is 0 Å². The Hall–Kier alpha value is -2.89. The van der Waals surface area contributed by atoms with Crippen molar-refractivity contribution < 1.29 is 9.59 Å². The van der Waals surface area contributed by atoms with Crippen molar-refractivity contribution in [2.75, 3.05) is 11.4 Å². The first-order valence-electron chi connectivity index (χ1n) is 9.75. The van der Waals surface area contributed by atoms with Gasteiger partial charge in [0.2, 0.25) is 0 Å². The molecule has 0 saturated heterocycles. The highest BCUT2D eigenvalue weighted by molar-refractivity contribution is 6.46. The Labute approximate surface area is 173 Å². The van der Waals surface area contributed by atoms with Gasteiger partial charge in [-0.05, 0) is 37.4 Å². The number of aryl methyl sites for hydroxylation is 1. The highest BCUT2D eigenvalue weighted by Crippen LogP contribution is 2.42. The summed E-state index contributed by atoms with van der Waals surface area (Å²) in [4.78, 5) is 27.7. The maximum atomic E-state index is 13.4. The number of carbonyl (C=O) groups is 2. The van der Waals surface area contributed by atoms with E-state index >= 15 is 0 Å². The summed E-state index contributed by atoms with van der Waals surface area (Å²) in [6, 6.07) is 15.0. The molecule has 0 bridgehead atoms. The summed E-state index contributed by atoms with van der Waals surface area (Å²) in [7, 11) is 0. The maximum Gasteiger partial charge on any atom is 0.266 e. The summed E-state index contributed by atoms with van der Waals surface area (Å²) in [6.07, 6.45) is 3.14. The summed E-state index contributed by atoms with van der Waals surface area (Å²) in [5.74, 6) is -0.328. The van der Waals surface area contributed by atoms with Crippen LogP contribution in [0.15, 0.2) is 54.6 Å². The molecule has 1 unspecified atom stereocenters. The van der Waals surface area contributed by atoms with Gasteiger partial charge >= 0.3 is 0 Å². The van der Waals surface area contributed by atoms with Gasteiger partial charge in [0.1, 0.15) is 0 Å². The number of anilines is 1. The average molecular weight is 406 g/mol. The number of aromatic nitrogens is 1. The van der Waals surface area contributed by atoms with E-state index in [1.807, 2.05) is 30.3 Å². The van der Waals surface area contributed by atoms with Gasteiger partial charge in [0.25, 0.3) is 11.8 Å². The van der Waals surface area contributed by atoms with E-state index in [1.165, 1.54) is 11.0 Å². The standard InChI is InChI=1S/C23H20ClN3O2/c24-18-7-3-1-5-15(18)17-12-21(28)27(23(17)29)22-16-6-2-4-8-19(16)26-10-9-14(13-25)11-20(22)26/h1-8,12,14H,9-11,13,25H2. The summed E-state index contributed by atoms with van der Waals surface area (Å²) in [5, 5.41) is 1.37. The zero-order valence-corrected chi connectivity index (χ0v) is 16.5. The van der Waals surface area contributed by atoms with E-state index in [9.17, 15) is 9.59 Å². The van der Waals surface area contributed by atoms with Crippen LogP contribution in [-0.4, -0.2) is 22.9 Å². The average Bonchev–Trinajstić information content (AvgIpc) is 3.21. The molecule has 6 heteroatoms. The second kappa shape index (κ2) is 6.87. The van der Waals surface area contributed by atoms with Gasteiger partial charge in [-0.15, -0.1) is 0 Å². The lowest BCUT2D eigenvalue weighted by Gasteiger charge is -2.26. The smallest absolute Gasteiger partial charge is 0.266 e. The molecule has 0 saturated carbocycles. The van der Waals surface area contributed by atoms with E-state index in [2.05, 4.69) is 4.57 Å². The number of halogens is 1. The van der Waals surface area contributed by atoms with Crippen LogP contribution in [-0.2, 0) is 22.6 Å². The molecule has 1 atom stereocenters. The molecular formula is C23H20ClN3O2. The largest absolute Gasteiger partial charge is 0.343 e. The summed E-state index contributed by atoms with van der Waals surface area (Å²) in [6.45, 7) is 1.42. The van der Waals surface area contributed by atoms with Crippen molar-refractivity contribution in [3.8, 4) is 0 Å². The molecule has 5 rings (SSSR count). The molecular weight excluding hydrogens is 386 g/mol. The number of rotatable bonds is 3. The van der Waals surface area contributed by atoms with E-state index in [1.54, 1.807) is 18.2 Å². The SMILES string of the molecule is NCC1CCn2c(c(N3C(=O)C=C(c4ccccc4Cl)C3=O)c3ccccc32)C1. The first-order valence-corrected chi connectivity index (χ1v) is 10.1. The summed E-state index contributed by atoms with van der Waals surface area (Å²) < 4.78 is 2.23. The fourth-order valence-electron chi connectivity index (χ4n) is 4.49. The number of nitrogens with zero attached hydrogens (tertiary/aromatic N) is 2. The van der Waals surface area contributed by atoms with Gasteiger partial charge in [-0.3, -0.25) is 9.59 Å². The third-order valence-corrected chi connectivity index (χ3v) is 6.26. The second-order valence-electron chi connectivity index (χ2n) is 7.58. The fourth-order valence-corrected chi connectivity index (χ4v) is 4.73. The van der Waals surface area contributed by atoms with Crippen LogP contribution >= 0.6 is 11.6 Å². The van der Waals surface area contributed by atoms with Crippen molar-refractivity contribution in [3.05, 3.63) is 70.9 Å². The molecule has 3 heterocycles. The van der Waals surface area contributed by atoms with Gasteiger partial charge < -0.3 is 10.3 Å². The Morgan fingerprint density at radius 3 is 2.62 bits per heavy atom. The van der Waals surface area contributed by atoms with Crippen molar-refractivity contribution >= 4 is 45.6 Å². The van der Waals surface area contributed by atoms with E-state index < -0.39 is 0 Å². The molecule has 2 aromatic carbocycles. The van der Waals surface area contributed by atoms with Crippen molar-refractivity contribution in [1.82, 2.24) is 4.57 Å². The van der Waals surface area contributed by atoms with Crippen LogP contribution in [0.25, 0.3) is 16.5 Å². The Morgan fingerprint density at radius 1 is 1.07 bits per heavy atom. The van der Waals surface area contributed by atoms with Gasteiger partial charge in [-0.1, -0.05) is 48.0 Å². The Balaban J connectivity index is 1.67. The zero-order valence-electron chi connectivity index (χ0n) is 15.8. The number of carbonyl (C=O) groups excluding carboxylic acids is 2. The predicted molar refractivity (Wildman–Crippen MR) is 115 cm³/mol. The Bertz CT molecular complexity index is 1190. The van der Waals surface area contributed by atoms with E-state index in [0.717, 1.165) is 36.0 Å². The lowest BCUT2D eigenvalue weighted by atomic mass is 9.95. The predicted octanol–water partition coefficient (Wildman–Crippen LogP) is 3.77. The van der Waals surface area contributed by atoms with Crippen LogP contribution in [0.2, 0.25) is 5.02 Å². The van der Waals surface area contributed by atoms with Crippen LogP contribution in [0.1, 0.15) is 17.7 Å². The minimum Gasteiger partial charge on any atom is -0.343 e. The first-order chi connectivity index (χ1) is 14.1. The molecule has 3 aromatic rings. The molecule has 2 aliphatic rings. The van der Waals surface area contributed by atoms with Gasteiger partial charge in [-0.2, -0.15) is 0 Å². The van der Waals surface area contributed by atoms with Crippen LogP contribution in [0, 0.1) is 5.92 Å². The van der Waals surface area contributed by atoms with Crippen LogP contribution in [0.4, 0.5) is 5.69 Å². The minimum atomic E-state index is -0.336.